The van der Waals surface area contributed by atoms with Gasteiger partial charge < -0.3 is 10.3 Å². The summed E-state index contributed by atoms with van der Waals surface area (Å²) in [6, 6.07) is 6.80. The van der Waals surface area contributed by atoms with Gasteiger partial charge in [-0.2, -0.15) is 0 Å². The number of benzene rings is 1. The van der Waals surface area contributed by atoms with E-state index < -0.39 is 0 Å². The van der Waals surface area contributed by atoms with E-state index in [4.69, 9.17) is 10.7 Å². The number of aryl methyl sites for hydroxylation is 1. The highest BCUT2D eigenvalue weighted by atomic mass is 15.1. The van der Waals surface area contributed by atoms with Gasteiger partial charge in [0.25, 0.3) is 0 Å². The maximum absolute atomic E-state index is 5.93. The van der Waals surface area contributed by atoms with Gasteiger partial charge in [-0.3, -0.25) is 0 Å². The molecule has 0 radical (unpaired) electrons. The second-order valence-electron chi connectivity index (χ2n) is 6.66. The van der Waals surface area contributed by atoms with Gasteiger partial charge in [-0.05, 0) is 49.8 Å². The number of nitrogen functional groups attached to an aromatic ring is 1. The summed E-state index contributed by atoms with van der Waals surface area (Å²) < 4.78 is 2.52. The third-order valence-corrected chi connectivity index (χ3v) is 4.85. The number of imidazole rings is 1. The van der Waals surface area contributed by atoms with Crippen LogP contribution in [0, 0.1) is 5.92 Å². The molecule has 2 unspecified atom stereocenters. The molecule has 0 saturated heterocycles. The van der Waals surface area contributed by atoms with E-state index >= 15 is 0 Å². The van der Waals surface area contributed by atoms with Crippen molar-refractivity contribution in [3.63, 3.8) is 0 Å². The predicted molar refractivity (Wildman–Crippen MR) is 89.4 cm³/mol. The van der Waals surface area contributed by atoms with E-state index in [0.29, 0.717) is 6.04 Å². The topological polar surface area (TPSA) is 43.8 Å². The minimum Gasteiger partial charge on any atom is -0.399 e. The fourth-order valence-corrected chi connectivity index (χ4v) is 3.70. The molecule has 114 valence electrons. The quantitative estimate of drug-likeness (QED) is 0.655. The third kappa shape index (κ3) is 2.92. The van der Waals surface area contributed by atoms with Crippen LogP contribution in [0.3, 0.4) is 0 Å². The number of hydrogen-bond acceptors (Lipinski definition) is 2. The Kier molecular flexibility index (Phi) is 4.18. The van der Waals surface area contributed by atoms with E-state index in [1.807, 2.05) is 12.1 Å². The number of nitrogens with two attached hydrogens (primary N) is 1. The Morgan fingerprint density at radius 3 is 2.90 bits per heavy atom. The summed E-state index contributed by atoms with van der Waals surface area (Å²) in [4.78, 5) is 4.87. The first-order valence-corrected chi connectivity index (χ1v) is 8.45. The van der Waals surface area contributed by atoms with Crippen molar-refractivity contribution in [1.29, 1.82) is 0 Å². The first-order chi connectivity index (χ1) is 10.2. The third-order valence-electron chi connectivity index (χ3n) is 4.85. The predicted octanol–water partition coefficient (Wildman–Crippen LogP) is 4.71. The van der Waals surface area contributed by atoms with Gasteiger partial charge in [0.15, 0.2) is 0 Å². The Hall–Kier alpha value is -1.51. The summed E-state index contributed by atoms with van der Waals surface area (Å²) in [5.41, 5.74) is 9.08. The number of nitrogens with zero attached hydrogens (tertiary/aromatic N) is 2. The summed E-state index contributed by atoms with van der Waals surface area (Å²) >= 11 is 0. The van der Waals surface area contributed by atoms with Crippen LogP contribution in [0.25, 0.3) is 11.0 Å². The number of rotatable bonds is 3. The van der Waals surface area contributed by atoms with Crippen LogP contribution in [-0.4, -0.2) is 9.55 Å². The molecule has 0 aliphatic heterocycles. The molecule has 3 rings (SSSR count). The molecular formula is C18H27N3. The fraction of sp³-hybridized carbons (Fsp3) is 0.611. The van der Waals surface area contributed by atoms with Crippen molar-refractivity contribution in [3.8, 4) is 0 Å². The van der Waals surface area contributed by atoms with Crippen LogP contribution in [0.2, 0.25) is 0 Å². The van der Waals surface area contributed by atoms with Crippen molar-refractivity contribution in [1.82, 2.24) is 9.55 Å². The Labute approximate surface area is 127 Å². The van der Waals surface area contributed by atoms with Crippen LogP contribution in [0.15, 0.2) is 18.2 Å². The highest BCUT2D eigenvalue weighted by molar-refractivity contribution is 5.79. The monoisotopic (exact) mass is 285 g/mol. The zero-order chi connectivity index (χ0) is 14.8. The lowest BCUT2D eigenvalue weighted by atomic mass is 10.0. The van der Waals surface area contributed by atoms with Crippen molar-refractivity contribution in [2.45, 2.75) is 64.8 Å². The molecule has 1 aliphatic carbocycles. The van der Waals surface area contributed by atoms with Gasteiger partial charge in [0, 0.05) is 18.2 Å². The van der Waals surface area contributed by atoms with Crippen molar-refractivity contribution in [2.24, 2.45) is 5.92 Å². The lowest BCUT2D eigenvalue weighted by molar-refractivity contribution is 0.429. The van der Waals surface area contributed by atoms with E-state index in [2.05, 4.69) is 24.5 Å². The molecule has 1 aromatic heterocycles. The molecule has 1 fully saturated rings. The van der Waals surface area contributed by atoms with Gasteiger partial charge in [-0.15, -0.1) is 0 Å². The van der Waals surface area contributed by atoms with E-state index in [1.165, 1.54) is 43.4 Å². The van der Waals surface area contributed by atoms with Gasteiger partial charge in [-0.1, -0.05) is 26.7 Å². The molecule has 0 spiro atoms. The van der Waals surface area contributed by atoms with Gasteiger partial charge >= 0.3 is 0 Å². The minimum absolute atomic E-state index is 0.616. The van der Waals surface area contributed by atoms with E-state index in [1.54, 1.807) is 0 Å². The second kappa shape index (κ2) is 6.08. The van der Waals surface area contributed by atoms with Crippen LogP contribution in [0.4, 0.5) is 5.69 Å². The molecule has 2 N–H and O–H groups in total. The van der Waals surface area contributed by atoms with Crippen LogP contribution >= 0.6 is 0 Å². The summed E-state index contributed by atoms with van der Waals surface area (Å²) in [5.74, 6) is 2.12. The smallest absolute Gasteiger partial charge is 0.110 e. The molecule has 0 amide bonds. The maximum atomic E-state index is 5.93. The van der Waals surface area contributed by atoms with Crippen molar-refractivity contribution in [2.75, 3.05) is 5.73 Å². The number of fused-ring (bicyclic) bond motifs is 1. The first kappa shape index (κ1) is 14.4. The van der Waals surface area contributed by atoms with Gasteiger partial charge in [0.1, 0.15) is 5.82 Å². The van der Waals surface area contributed by atoms with E-state index in [-0.39, 0.29) is 0 Å². The Balaban J connectivity index is 2.03. The first-order valence-electron chi connectivity index (χ1n) is 8.45. The molecule has 2 atom stereocenters. The molecule has 0 bridgehead atoms. The van der Waals surface area contributed by atoms with Crippen LogP contribution in [0.1, 0.15) is 64.2 Å². The van der Waals surface area contributed by atoms with Gasteiger partial charge in [0.05, 0.1) is 11.0 Å². The van der Waals surface area contributed by atoms with Crippen LogP contribution < -0.4 is 5.73 Å². The summed E-state index contributed by atoms with van der Waals surface area (Å²) in [7, 11) is 0. The maximum Gasteiger partial charge on any atom is 0.110 e. The fourth-order valence-electron chi connectivity index (χ4n) is 3.70. The average molecular weight is 285 g/mol. The summed E-state index contributed by atoms with van der Waals surface area (Å²) in [5, 5.41) is 0. The average Bonchev–Trinajstić information content (AvgIpc) is 2.65. The summed E-state index contributed by atoms with van der Waals surface area (Å²) in [6.07, 6.45) is 8.82. The highest BCUT2D eigenvalue weighted by Gasteiger charge is 2.22. The largest absolute Gasteiger partial charge is 0.399 e. The van der Waals surface area contributed by atoms with Crippen molar-refractivity contribution >= 4 is 16.7 Å². The Bertz CT molecular complexity index is 614. The number of hydrogen-bond donors (Lipinski definition) is 1. The SMILES string of the molecule is CCCc1nc2cc(N)ccc2n1C1CCCC(C)CC1. The second-order valence-corrected chi connectivity index (χ2v) is 6.66. The minimum atomic E-state index is 0.616. The molecule has 3 heteroatoms. The van der Waals surface area contributed by atoms with Gasteiger partial charge in [-0.25, -0.2) is 4.98 Å². The van der Waals surface area contributed by atoms with Crippen molar-refractivity contribution in [3.05, 3.63) is 24.0 Å². The van der Waals surface area contributed by atoms with Crippen LogP contribution in [0.5, 0.6) is 0 Å². The number of aromatic nitrogens is 2. The molecule has 1 saturated carbocycles. The zero-order valence-electron chi connectivity index (χ0n) is 13.3. The summed E-state index contributed by atoms with van der Waals surface area (Å²) in [6.45, 7) is 4.62. The molecule has 1 aromatic carbocycles. The van der Waals surface area contributed by atoms with Crippen molar-refractivity contribution < 1.29 is 0 Å². The molecule has 3 nitrogen and oxygen atoms in total. The molecule has 1 heterocycles. The van der Waals surface area contributed by atoms with Crippen LogP contribution in [-0.2, 0) is 6.42 Å². The lowest BCUT2D eigenvalue weighted by Gasteiger charge is -2.20. The molecular weight excluding hydrogens is 258 g/mol. The normalized spacial score (nSPS) is 23.3. The standard InChI is InChI=1S/C18H27N3/c1-3-5-18-20-16-12-14(19)9-11-17(16)21(18)15-7-4-6-13(2)8-10-15/h9,11-13,15H,3-8,10,19H2,1-2H3. The molecule has 21 heavy (non-hydrogen) atoms. The lowest BCUT2D eigenvalue weighted by Crippen LogP contribution is -2.12. The molecule has 2 aromatic rings. The van der Waals surface area contributed by atoms with E-state index in [9.17, 15) is 0 Å². The number of anilines is 1. The Morgan fingerprint density at radius 1 is 1.24 bits per heavy atom. The highest BCUT2D eigenvalue weighted by Crippen LogP contribution is 2.34. The van der Waals surface area contributed by atoms with Gasteiger partial charge in [0.2, 0.25) is 0 Å². The zero-order valence-corrected chi connectivity index (χ0v) is 13.3. The molecule has 1 aliphatic rings. The van der Waals surface area contributed by atoms with E-state index in [0.717, 1.165) is 30.0 Å². The Morgan fingerprint density at radius 2 is 2.10 bits per heavy atom.